The summed E-state index contributed by atoms with van der Waals surface area (Å²) in [6.07, 6.45) is 4.52. The second kappa shape index (κ2) is 7.89. The summed E-state index contributed by atoms with van der Waals surface area (Å²) in [5.41, 5.74) is 1.93. The monoisotopic (exact) mass is 432 g/mol. The maximum absolute atomic E-state index is 16.0. The average Bonchev–Trinajstić information content (AvgIpc) is 3.23. The molecule has 4 aromatic rings. The fourth-order valence-corrected chi connectivity index (χ4v) is 4.74. The maximum Gasteiger partial charge on any atom is 0.318 e. The molecule has 1 unspecified atom stereocenters. The number of rotatable bonds is 4. The van der Waals surface area contributed by atoms with E-state index >= 15 is 4.39 Å². The van der Waals surface area contributed by atoms with Crippen LogP contribution in [0.4, 0.5) is 10.2 Å². The molecule has 164 valence electrons. The van der Waals surface area contributed by atoms with Gasteiger partial charge in [0.1, 0.15) is 22.8 Å². The highest BCUT2D eigenvalue weighted by molar-refractivity contribution is 6.01. The molecule has 5 rings (SSSR count). The van der Waals surface area contributed by atoms with Gasteiger partial charge in [0.25, 0.3) is 0 Å². The lowest BCUT2D eigenvalue weighted by atomic mass is 9.95. The number of benzene rings is 2. The minimum atomic E-state index is -0.547. The zero-order valence-electron chi connectivity index (χ0n) is 18.4. The van der Waals surface area contributed by atoms with E-state index in [1.165, 1.54) is 7.11 Å². The van der Waals surface area contributed by atoms with Gasteiger partial charge in [0, 0.05) is 24.3 Å². The Balaban J connectivity index is 1.80. The van der Waals surface area contributed by atoms with Gasteiger partial charge in [0.05, 0.1) is 12.5 Å². The number of aromatic nitrogens is 3. The Labute approximate surface area is 185 Å². The topological polar surface area (TPSA) is 71.4 Å². The molecule has 1 N–H and O–H groups in total. The molecule has 0 saturated carbocycles. The third-order valence-electron chi connectivity index (χ3n) is 6.34. The molecule has 0 aliphatic carbocycles. The molecular formula is C25H25FN4O2. The third-order valence-corrected chi connectivity index (χ3v) is 6.34. The number of anilines is 1. The van der Waals surface area contributed by atoms with E-state index in [0.29, 0.717) is 22.8 Å². The van der Waals surface area contributed by atoms with Crippen molar-refractivity contribution in [3.63, 3.8) is 0 Å². The largest absolute Gasteiger partial charge is 0.508 e. The molecule has 0 radical (unpaired) electrons. The van der Waals surface area contributed by atoms with E-state index in [4.69, 9.17) is 4.74 Å². The van der Waals surface area contributed by atoms with Gasteiger partial charge in [-0.1, -0.05) is 25.1 Å². The molecule has 2 aromatic heterocycles. The molecular weight excluding hydrogens is 407 g/mol. The van der Waals surface area contributed by atoms with Crippen LogP contribution in [0.5, 0.6) is 11.8 Å². The maximum atomic E-state index is 16.0. The summed E-state index contributed by atoms with van der Waals surface area (Å²) in [4.78, 5) is 15.6. The minimum absolute atomic E-state index is 0.0638. The number of fused-ring (bicyclic) bond motifs is 2. The number of methoxy groups -OCH3 is 1. The number of halogens is 1. The summed E-state index contributed by atoms with van der Waals surface area (Å²) in [6.45, 7) is 5.03. The number of nitrogens with zero attached hydrogens (tertiary/aromatic N) is 4. The van der Waals surface area contributed by atoms with Crippen molar-refractivity contribution in [3.05, 3.63) is 47.9 Å². The van der Waals surface area contributed by atoms with Crippen molar-refractivity contribution in [2.45, 2.75) is 39.2 Å². The quantitative estimate of drug-likeness (QED) is 0.475. The van der Waals surface area contributed by atoms with Gasteiger partial charge in [0.15, 0.2) is 5.82 Å². The van der Waals surface area contributed by atoms with Crippen LogP contribution in [0.1, 0.15) is 32.3 Å². The van der Waals surface area contributed by atoms with Crippen molar-refractivity contribution in [2.24, 2.45) is 0 Å². The zero-order valence-corrected chi connectivity index (χ0v) is 18.4. The highest BCUT2D eigenvalue weighted by atomic mass is 19.1. The molecule has 0 bridgehead atoms. The number of aromatic hydroxyl groups is 1. The Morgan fingerprint density at radius 1 is 1.25 bits per heavy atom. The lowest BCUT2D eigenvalue weighted by molar-refractivity contribution is 0.381. The average molecular weight is 432 g/mol. The first-order chi connectivity index (χ1) is 15.5. The molecule has 0 spiro atoms. The van der Waals surface area contributed by atoms with Crippen LogP contribution in [0, 0.1) is 5.82 Å². The summed E-state index contributed by atoms with van der Waals surface area (Å²) in [6, 6.07) is 9.54. The second-order valence-corrected chi connectivity index (χ2v) is 8.26. The summed E-state index contributed by atoms with van der Waals surface area (Å²) >= 11 is 0. The first kappa shape index (κ1) is 20.4. The number of pyridine rings is 1. The number of phenolic OH excluding ortho intramolecular Hbond substituents is 1. The highest BCUT2D eigenvalue weighted by Gasteiger charge is 2.27. The number of hydrogen-bond acceptors (Lipinski definition) is 6. The Morgan fingerprint density at radius 3 is 2.81 bits per heavy atom. The number of phenols is 1. The standard InChI is InChI=1S/C25H25FN4O2/c1-4-15-8-5-9-16-11-17(31)12-18(20(15)16)22-21(26)23-19(13-27-22)24(29-25(28-23)32-3)30-10-6-7-14(30)2/h5,8-9,11-14,31H,4,6-7,10H2,1-3H3. The van der Waals surface area contributed by atoms with Gasteiger partial charge in [0.2, 0.25) is 0 Å². The van der Waals surface area contributed by atoms with Crippen molar-refractivity contribution in [1.82, 2.24) is 15.0 Å². The van der Waals surface area contributed by atoms with Crippen molar-refractivity contribution in [3.8, 4) is 23.0 Å². The fraction of sp³-hybridized carbons (Fsp3) is 0.320. The lowest BCUT2D eigenvalue weighted by Gasteiger charge is -2.24. The van der Waals surface area contributed by atoms with Crippen LogP contribution in [0.3, 0.4) is 0 Å². The Morgan fingerprint density at radius 2 is 2.09 bits per heavy atom. The zero-order chi connectivity index (χ0) is 22.4. The van der Waals surface area contributed by atoms with E-state index in [2.05, 4.69) is 33.7 Å². The van der Waals surface area contributed by atoms with Crippen molar-refractivity contribution >= 4 is 27.5 Å². The molecule has 1 aliphatic heterocycles. The smallest absolute Gasteiger partial charge is 0.318 e. The van der Waals surface area contributed by atoms with E-state index in [1.807, 2.05) is 18.2 Å². The summed E-state index contributed by atoms with van der Waals surface area (Å²) in [5.74, 6) is 0.160. The van der Waals surface area contributed by atoms with E-state index < -0.39 is 5.82 Å². The van der Waals surface area contributed by atoms with Gasteiger partial charge in [-0.3, -0.25) is 4.98 Å². The molecule has 0 amide bonds. The molecule has 2 aromatic carbocycles. The fourth-order valence-electron chi connectivity index (χ4n) is 4.74. The molecule has 1 saturated heterocycles. The van der Waals surface area contributed by atoms with Crippen LogP contribution in [0.2, 0.25) is 0 Å². The predicted molar refractivity (Wildman–Crippen MR) is 124 cm³/mol. The van der Waals surface area contributed by atoms with Crippen LogP contribution in [0.15, 0.2) is 36.5 Å². The van der Waals surface area contributed by atoms with Gasteiger partial charge in [-0.25, -0.2) is 4.39 Å². The molecule has 32 heavy (non-hydrogen) atoms. The van der Waals surface area contributed by atoms with Gasteiger partial charge < -0.3 is 14.7 Å². The van der Waals surface area contributed by atoms with Gasteiger partial charge >= 0.3 is 6.01 Å². The molecule has 3 heterocycles. The van der Waals surface area contributed by atoms with Gasteiger partial charge in [-0.15, -0.1) is 0 Å². The van der Waals surface area contributed by atoms with Crippen molar-refractivity contribution < 1.29 is 14.2 Å². The number of hydrogen-bond donors (Lipinski definition) is 1. The number of aryl methyl sites for hydroxylation is 1. The first-order valence-electron chi connectivity index (χ1n) is 10.9. The second-order valence-electron chi connectivity index (χ2n) is 8.26. The van der Waals surface area contributed by atoms with Gasteiger partial charge in [-0.05, 0) is 54.7 Å². The Hall–Kier alpha value is -3.48. The van der Waals surface area contributed by atoms with Crippen LogP contribution in [-0.4, -0.2) is 39.8 Å². The first-order valence-corrected chi connectivity index (χ1v) is 10.9. The molecule has 1 atom stereocenters. The lowest BCUT2D eigenvalue weighted by Crippen LogP contribution is -2.27. The van der Waals surface area contributed by atoms with Crippen LogP contribution >= 0.6 is 0 Å². The predicted octanol–water partition coefficient (Wildman–Crippen LogP) is 5.25. The summed E-state index contributed by atoms with van der Waals surface area (Å²) < 4.78 is 21.3. The molecule has 1 fully saturated rings. The summed E-state index contributed by atoms with van der Waals surface area (Å²) in [5, 5.41) is 12.6. The normalized spacial score (nSPS) is 16.2. The minimum Gasteiger partial charge on any atom is -0.508 e. The summed E-state index contributed by atoms with van der Waals surface area (Å²) in [7, 11) is 1.48. The third kappa shape index (κ3) is 3.20. The number of ether oxygens (including phenoxy) is 1. The Kier molecular flexibility index (Phi) is 5.04. The Bertz CT molecular complexity index is 1340. The molecule has 7 heteroatoms. The van der Waals surface area contributed by atoms with Crippen LogP contribution in [-0.2, 0) is 6.42 Å². The SMILES string of the molecule is CCc1cccc2cc(O)cc(-c3ncc4c(N5CCCC5C)nc(OC)nc4c3F)c12. The van der Waals surface area contributed by atoms with E-state index in [-0.39, 0.29) is 23.0 Å². The van der Waals surface area contributed by atoms with Gasteiger partial charge in [-0.2, -0.15) is 9.97 Å². The van der Waals surface area contributed by atoms with Crippen LogP contribution in [0.25, 0.3) is 32.9 Å². The highest BCUT2D eigenvalue weighted by Crippen LogP contribution is 2.39. The van der Waals surface area contributed by atoms with Crippen molar-refractivity contribution in [1.29, 1.82) is 0 Å². The van der Waals surface area contributed by atoms with E-state index in [0.717, 1.165) is 42.1 Å². The van der Waals surface area contributed by atoms with Crippen molar-refractivity contribution in [2.75, 3.05) is 18.6 Å². The van der Waals surface area contributed by atoms with Crippen LogP contribution < -0.4 is 9.64 Å². The molecule has 6 nitrogen and oxygen atoms in total. The van der Waals surface area contributed by atoms with E-state index in [9.17, 15) is 5.11 Å². The molecule has 1 aliphatic rings. The van der Waals surface area contributed by atoms with E-state index in [1.54, 1.807) is 18.3 Å².